The number of hydrogen-bond acceptors (Lipinski definition) is 0. The third-order valence-electron chi connectivity index (χ3n) is 3.58. The van der Waals surface area contributed by atoms with Crippen molar-refractivity contribution in [3.8, 4) is 0 Å². The van der Waals surface area contributed by atoms with Crippen LogP contribution in [0, 0.1) is 0 Å². The van der Waals surface area contributed by atoms with E-state index in [0.29, 0.717) is 7.92 Å². The Balaban J connectivity index is 1.95. The Labute approximate surface area is 99.5 Å². The van der Waals surface area contributed by atoms with E-state index in [1.807, 2.05) is 0 Å². The molecule has 0 amide bonds. The summed E-state index contributed by atoms with van der Waals surface area (Å²) in [5.74, 6) is 0. The molecule has 0 spiro atoms. The van der Waals surface area contributed by atoms with E-state index < -0.39 is 0 Å². The van der Waals surface area contributed by atoms with E-state index in [0.717, 1.165) is 5.66 Å². The summed E-state index contributed by atoms with van der Waals surface area (Å²) >= 11 is 0. The zero-order valence-electron chi connectivity index (χ0n) is 10.6. The van der Waals surface area contributed by atoms with Gasteiger partial charge in [-0.1, -0.05) is 33.1 Å². The molecule has 90 valence electrons. The maximum atomic E-state index is 2.37. The first kappa shape index (κ1) is 13.9. The highest BCUT2D eigenvalue weighted by Gasteiger charge is 2.12. The van der Waals surface area contributed by atoms with Crippen LogP contribution >= 0.6 is 16.5 Å². The first-order chi connectivity index (χ1) is 7.36. The highest BCUT2D eigenvalue weighted by Crippen LogP contribution is 2.37. The van der Waals surface area contributed by atoms with E-state index in [2.05, 4.69) is 13.8 Å². The zero-order valence-corrected chi connectivity index (χ0v) is 12.5. The van der Waals surface area contributed by atoms with Gasteiger partial charge in [0, 0.05) is 0 Å². The molecule has 0 saturated heterocycles. The van der Waals surface area contributed by atoms with Crippen molar-refractivity contribution >= 4 is 16.5 Å². The molecule has 2 heteroatoms. The van der Waals surface area contributed by atoms with Crippen LogP contribution in [0.2, 0.25) is 0 Å². The maximum Gasteiger partial charge on any atom is -0.0237 e. The Morgan fingerprint density at radius 3 is 2.33 bits per heavy atom. The first-order valence-corrected chi connectivity index (χ1v) is 10.0. The molecule has 0 bridgehead atoms. The van der Waals surface area contributed by atoms with Gasteiger partial charge in [-0.05, 0) is 49.6 Å². The van der Waals surface area contributed by atoms with Gasteiger partial charge in [0.15, 0.2) is 0 Å². The summed E-state index contributed by atoms with van der Waals surface area (Å²) in [6, 6.07) is 0. The standard InChI is InChI=1S/C13H28P2/c1-3-15(4-2)12-8-11-14-13-9-6-5-7-10-13/h13-14H,3-12H2,1-2H3. The molecule has 1 aliphatic rings. The van der Waals surface area contributed by atoms with Crippen LogP contribution in [0.3, 0.4) is 0 Å². The van der Waals surface area contributed by atoms with Crippen molar-refractivity contribution in [1.29, 1.82) is 0 Å². The zero-order chi connectivity index (χ0) is 10.9. The molecule has 1 saturated carbocycles. The molecular weight excluding hydrogens is 218 g/mol. The Morgan fingerprint density at radius 2 is 1.73 bits per heavy atom. The van der Waals surface area contributed by atoms with Crippen LogP contribution in [0.25, 0.3) is 0 Å². The van der Waals surface area contributed by atoms with Crippen molar-refractivity contribution in [2.24, 2.45) is 0 Å². The van der Waals surface area contributed by atoms with Gasteiger partial charge in [-0.25, -0.2) is 0 Å². The molecule has 1 fully saturated rings. The van der Waals surface area contributed by atoms with Crippen LogP contribution in [0.1, 0.15) is 52.4 Å². The SMILES string of the molecule is CCP(CC)CCCPC1CCCCC1. The van der Waals surface area contributed by atoms with Crippen LogP contribution in [0.15, 0.2) is 0 Å². The van der Waals surface area contributed by atoms with Gasteiger partial charge in [0.05, 0.1) is 0 Å². The van der Waals surface area contributed by atoms with E-state index in [-0.39, 0.29) is 0 Å². The van der Waals surface area contributed by atoms with Gasteiger partial charge in [0.2, 0.25) is 0 Å². The minimum atomic E-state index is 0.419. The summed E-state index contributed by atoms with van der Waals surface area (Å²) in [5, 5.41) is 0. The molecule has 0 nitrogen and oxygen atoms in total. The highest BCUT2D eigenvalue weighted by atomic mass is 31.1. The summed E-state index contributed by atoms with van der Waals surface area (Å²) in [6.45, 7) is 4.75. The average molecular weight is 246 g/mol. The fraction of sp³-hybridized carbons (Fsp3) is 1.00. The maximum absolute atomic E-state index is 2.37. The lowest BCUT2D eigenvalue weighted by atomic mass is 10.0. The number of hydrogen-bond donors (Lipinski definition) is 0. The van der Waals surface area contributed by atoms with Crippen molar-refractivity contribution in [1.82, 2.24) is 0 Å². The largest absolute Gasteiger partial charge is 0.119 e. The first-order valence-electron chi connectivity index (χ1n) is 6.82. The molecular formula is C13H28P2. The summed E-state index contributed by atoms with van der Waals surface area (Å²) < 4.78 is 0. The molecule has 1 aliphatic carbocycles. The fourth-order valence-electron chi connectivity index (χ4n) is 2.46. The minimum absolute atomic E-state index is 0.419. The molecule has 1 atom stereocenters. The second-order valence-corrected chi connectivity index (χ2v) is 9.45. The Kier molecular flexibility index (Phi) is 8.31. The predicted molar refractivity (Wildman–Crippen MR) is 77.5 cm³/mol. The highest BCUT2D eigenvalue weighted by molar-refractivity contribution is 7.57. The van der Waals surface area contributed by atoms with Crippen molar-refractivity contribution in [2.45, 2.75) is 58.0 Å². The van der Waals surface area contributed by atoms with Crippen LogP contribution in [-0.4, -0.2) is 30.3 Å². The van der Waals surface area contributed by atoms with Crippen LogP contribution in [0.4, 0.5) is 0 Å². The van der Waals surface area contributed by atoms with Gasteiger partial charge in [0.25, 0.3) is 0 Å². The van der Waals surface area contributed by atoms with Crippen LogP contribution in [0.5, 0.6) is 0 Å². The molecule has 0 radical (unpaired) electrons. The third-order valence-corrected chi connectivity index (χ3v) is 8.12. The molecule has 1 unspecified atom stereocenters. The van der Waals surface area contributed by atoms with Gasteiger partial charge in [0.1, 0.15) is 0 Å². The molecule has 15 heavy (non-hydrogen) atoms. The lowest BCUT2D eigenvalue weighted by Crippen LogP contribution is -2.07. The number of rotatable bonds is 7. The lowest BCUT2D eigenvalue weighted by molar-refractivity contribution is 0.513. The molecule has 0 aromatic rings. The van der Waals surface area contributed by atoms with Crippen molar-refractivity contribution in [3.05, 3.63) is 0 Å². The second kappa shape index (κ2) is 8.95. The van der Waals surface area contributed by atoms with Gasteiger partial charge in [-0.2, -0.15) is 0 Å². The predicted octanol–water partition coefficient (Wildman–Crippen LogP) is 4.91. The molecule has 0 aliphatic heterocycles. The Hall–Kier alpha value is 0.860. The summed E-state index contributed by atoms with van der Waals surface area (Å²) in [7, 11) is 1.71. The summed E-state index contributed by atoms with van der Waals surface area (Å²) in [5.41, 5.74) is 1.13. The molecule has 0 heterocycles. The van der Waals surface area contributed by atoms with E-state index in [4.69, 9.17) is 0 Å². The molecule has 0 N–H and O–H groups in total. The quantitative estimate of drug-likeness (QED) is 0.442. The topological polar surface area (TPSA) is 0 Å². The summed E-state index contributed by atoms with van der Waals surface area (Å²) in [4.78, 5) is 0. The smallest absolute Gasteiger partial charge is 0.0237 e. The average Bonchev–Trinajstić information content (AvgIpc) is 2.31. The summed E-state index contributed by atoms with van der Waals surface area (Å²) in [6.07, 6.45) is 15.2. The van der Waals surface area contributed by atoms with Crippen molar-refractivity contribution in [2.75, 3.05) is 24.6 Å². The molecule has 0 aromatic carbocycles. The van der Waals surface area contributed by atoms with E-state index in [9.17, 15) is 0 Å². The van der Waals surface area contributed by atoms with Crippen LogP contribution in [-0.2, 0) is 0 Å². The lowest BCUT2D eigenvalue weighted by Gasteiger charge is -2.21. The fourth-order valence-corrected chi connectivity index (χ4v) is 6.04. The van der Waals surface area contributed by atoms with Gasteiger partial charge < -0.3 is 0 Å². The Morgan fingerprint density at radius 1 is 1.07 bits per heavy atom. The Bertz CT molecular complexity index is 137. The van der Waals surface area contributed by atoms with E-state index in [1.165, 1.54) is 46.6 Å². The monoisotopic (exact) mass is 246 g/mol. The van der Waals surface area contributed by atoms with Gasteiger partial charge in [-0.15, -0.1) is 16.5 Å². The normalized spacial score (nSPS) is 19.4. The van der Waals surface area contributed by atoms with E-state index >= 15 is 0 Å². The minimum Gasteiger partial charge on any atom is -0.119 e. The molecule has 0 aromatic heterocycles. The van der Waals surface area contributed by atoms with Crippen LogP contribution < -0.4 is 0 Å². The van der Waals surface area contributed by atoms with Crippen molar-refractivity contribution in [3.63, 3.8) is 0 Å². The van der Waals surface area contributed by atoms with Gasteiger partial charge in [-0.3, -0.25) is 0 Å². The molecule has 1 rings (SSSR count). The van der Waals surface area contributed by atoms with E-state index in [1.54, 1.807) is 25.2 Å². The third kappa shape index (κ3) is 6.23. The van der Waals surface area contributed by atoms with Crippen molar-refractivity contribution < 1.29 is 0 Å². The van der Waals surface area contributed by atoms with Gasteiger partial charge >= 0.3 is 0 Å². The second-order valence-electron chi connectivity index (χ2n) is 4.67.